The number of pyridine rings is 1. The minimum Gasteiger partial charge on any atom is -0.385 e. The number of nitrogens with two attached hydrogens (primary N) is 1. The highest BCUT2D eigenvalue weighted by Gasteiger charge is 2.53. The summed E-state index contributed by atoms with van der Waals surface area (Å²) in [5, 5.41) is 9.86. The van der Waals surface area contributed by atoms with Gasteiger partial charge in [-0.3, -0.25) is 19.3 Å². The highest BCUT2D eigenvalue weighted by Crippen LogP contribution is 2.47. The molecule has 5 N–H and O–H groups in total. The van der Waals surface area contributed by atoms with Gasteiger partial charge in [-0.2, -0.15) is 5.11 Å². The van der Waals surface area contributed by atoms with Gasteiger partial charge in [0.05, 0.1) is 0 Å². The van der Waals surface area contributed by atoms with Crippen LogP contribution in [0.2, 0.25) is 5.02 Å². The number of aromatic nitrogens is 1. The zero-order valence-electron chi connectivity index (χ0n) is 21.3. The molecular formula is C27H30ClN7O3. The minimum atomic E-state index is -0.510. The van der Waals surface area contributed by atoms with Crippen LogP contribution in [0.5, 0.6) is 0 Å². The van der Waals surface area contributed by atoms with Gasteiger partial charge in [-0.1, -0.05) is 11.6 Å². The number of halogens is 1. The summed E-state index contributed by atoms with van der Waals surface area (Å²) >= 11 is 6.10. The Bertz CT molecular complexity index is 1370. The first-order valence-electron chi connectivity index (χ1n) is 12.7. The lowest BCUT2D eigenvalue weighted by atomic mass is 9.74. The first kappa shape index (κ1) is 25.8. The predicted octanol–water partition coefficient (Wildman–Crippen LogP) is 3.46. The normalized spacial score (nSPS) is 23.9. The number of fused-ring (bicyclic) bond motifs is 1. The molecule has 2 atom stereocenters. The Morgan fingerprint density at radius 3 is 2.68 bits per heavy atom. The third-order valence-corrected chi connectivity index (χ3v) is 8.21. The summed E-state index contributed by atoms with van der Waals surface area (Å²) in [6.45, 7) is 5.09. The highest BCUT2D eigenvalue weighted by molar-refractivity contribution is 6.30. The van der Waals surface area contributed by atoms with E-state index < -0.39 is 11.8 Å². The van der Waals surface area contributed by atoms with Crippen LogP contribution in [0.15, 0.2) is 41.4 Å². The Balaban J connectivity index is 1.16. The fourth-order valence-electron chi connectivity index (χ4n) is 5.41. The van der Waals surface area contributed by atoms with Crippen molar-refractivity contribution < 1.29 is 14.4 Å². The molecule has 10 nitrogen and oxygen atoms in total. The molecule has 0 radical (unpaired) electrons. The Morgan fingerprint density at radius 1 is 1.26 bits per heavy atom. The van der Waals surface area contributed by atoms with Crippen molar-refractivity contribution in [2.24, 2.45) is 22.7 Å². The summed E-state index contributed by atoms with van der Waals surface area (Å²) < 4.78 is 0. The van der Waals surface area contributed by atoms with Crippen molar-refractivity contribution in [3.05, 3.63) is 69.1 Å². The number of rotatable bonds is 9. The van der Waals surface area contributed by atoms with Crippen LogP contribution in [0.3, 0.4) is 0 Å². The average molecular weight is 536 g/mol. The van der Waals surface area contributed by atoms with E-state index in [1.807, 2.05) is 13.8 Å². The van der Waals surface area contributed by atoms with E-state index >= 15 is 0 Å². The van der Waals surface area contributed by atoms with Crippen LogP contribution >= 0.6 is 11.6 Å². The number of piperidine rings is 1. The average Bonchev–Trinajstić information content (AvgIpc) is 3.56. The SMILES string of the molecule is Cc1c(CN/C=C(\N=N)C(=O)NC2CC(c3cc(Cl)ccc3C(N)=O)C2)cnc(N2CC3CC3C2=O)c1C. The number of amides is 3. The van der Waals surface area contributed by atoms with Crippen LogP contribution in [-0.4, -0.2) is 35.3 Å². The lowest BCUT2D eigenvalue weighted by Gasteiger charge is -2.37. The number of nitrogens with zero attached hydrogens (tertiary/aromatic N) is 3. The maximum Gasteiger partial charge on any atom is 0.273 e. The molecule has 1 saturated heterocycles. The van der Waals surface area contributed by atoms with E-state index in [9.17, 15) is 14.4 Å². The maximum absolute atomic E-state index is 12.7. The van der Waals surface area contributed by atoms with Gasteiger partial charge in [0.1, 0.15) is 5.82 Å². The molecule has 3 aliphatic rings. The van der Waals surface area contributed by atoms with E-state index in [0.717, 1.165) is 41.0 Å². The first-order valence-corrected chi connectivity index (χ1v) is 13.0. The third kappa shape index (κ3) is 4.88. The van der Waals surface area contributed by atoms with Crippen LogP contribution in [0.25, 0.3) is 0 Å². The molecule has 38 heavy (non-hydrogen) atoms. The van der Waals surface area contributed by atoms with Crippen molar-refractivity contribution in [2.45, 2.75) is 51.6 Å². The molecule has 2 heterocycles. The Hall–Kier alpha value is -3.79. The lowest BCUT2D eigenvalue weighted by Crippen LogP contribution is -2.44. The number of anilines is 1. The number of carbonyl (C=O) groups is 3. The van der Waals surface area contributed by atoms with E-state index in [1.165, 1.54) is 6.20 Å². The second-order valence-corrected chi connectivity index (χ2v) is 10.8. The molecule has 1 aliphatic heterocycles. The minimum absolute atomic E-state index is 0.0464. The van der Waals surface area contributed by atoms with Crippen LogP contribution in [0.4, 0.5) is 5.82 Å². The van der Waals surface area contributed by atoms with Crippen molar-refractivity contribution in [2.75, 3.05) is 11.4 Å². The van der Waals surface area contributed by atoms with Crippen molar-refractivity contribution in [1.82, 2.24) is 15.6 Å². The topological polar surface area (TPSA) is 154 Å². The van der Waals surface area contributed by atoms with Crippen molar-refractivity contribution in [1.29, 1.82) is 5.53 Å². The van der Waals surface area contributed by atoms with Gasteiger partial charge in [0.2, 0.25) is 11.8 Å². The number of benzene rings is 1. The van der Waals surface area contributed by atoms with Gasteiger partial charge in [-0.15, -0.1) is 0 Å². The van der Waals surface area contributed by atoms with Crippen LogP contribution in [0, 0.1) is 31.2 Å². The molecule has 1 aromatic heterocycles. The number of hydrogen-bond acceptors (Lipinski definition) is 7. The quantitative estimate of drug-likeness (QED) is 0.286. The molecule has 2 unspecified atom stereocenters. The van der Waals surface area contributed by atoms with Gasteiger partial charge in [0.15, 0.2) is 5.70 Å². The Morgan fingerprint density at radius 2 is 2.03 bits per heavy atom. The number of carbonyl (C=O) groups excluding carboxylic acids is 3. The summed E-state index contributed by atoms with van der Waals surface area (Å²) in [5.41, 5.74) is 17.0. The molecule has 2 aliphatic carbocycles. The van der Waals surface area contributed by atoms with Gasteiger partial charge >= 0.3 is 0 Å². The predicted molar refractivity (Wildman–Crippen MR) is 142 cm³/mol. The molecule has 3 fully saturated rings. The Kier molecular flexibility index (Phi) is 6.92. The standard InChI is InChI=1S/C27H30ClN7O3/c1-13-14(2)25(35-12-16-7-22(16)27(35)38)32-10-17(13)9-31-11-23(34-30)26(37)33-19-5-15(6-19)21-8-18(28)3-4-20(21)24(29)36/h3-4,8,10-11,15-16,19,22,30-31H,5-7,9,12H2,1-2H3,(H2,29,36)(H,33,37)/b23-11-,34-30?. The molecule has 2 saturated carbocycles. The van der Waals surface area contributed by atoms with Gasteiger partial charge in [0, 0.05) is 48.0 Å². The summed E-state index contributed by atoms with van der Waals surface area (Å²) in [6, 6.07) is 4.89. The smallest absolute Gasteiger partial charge is 0.273 e. The molecular weight excluding hydrogens is 506 g/mol. The zero-order chi connectivity index (χ0) is 27.1. The highest BCUT2D eigenvalue weighted by atomic mass is 35.5. The fourth-order valence-corrected chi connectivity index (χ4v) is 5.59. The monoisotopic (exact) mass is 535 g/mol. The van der Waals surface area contributed by atoms with Gasteiger partial charge in [0.25, 0.3) is 5.91 Å². The van der Waals surface area contributed by atoms with Crippen molar-refractivity contribution in [3.63, 3.8) is 0 Å². The van der Waals surface area contributed by atoms with Gasteiger partial charge in [-0.05, 0) is 85.4 Å². The van der Waals surface area contributed by atoms with E-state index in [0.29, 0.717) is 35.9 Å². The molecule has 3 amide bonds. The third-order valence-electron chi connectivity index (χ3n) is 7.98. The number of nitrogens with one attached hydrogen (secondary N) is 3. The summed E-state index contributed by atoms with van der Waals surface area (Å²) in [4.78, 5) is 43.3. The summed E-state index contributed by atoms with van der Waals surface area (Å²) in [5.74, 6) is 0.642. The van der Waals surface area contributed by atoms with E-state index in [4.69, 9.17) is 22.9 Å². The maximum atomic E-state index is 12.7. The van der Waals surface area contributed by atoms with Crippen molar-refractivity contribution in [3.8, 4) is 0 Å². The summed E-state index contributed by atoms with van der Waals surface area (Å²) in [6.07, 6.45) is 5.42. The first-order chi connectivity index (χ1) is 18.2. The fraction of sp³-hybridized carbons (Fsp3) is 0.407. The Labute approximate surface area is 225 Å². The van der Waals surface area contributed by atoms with E-state index in [-0.39, 0.29) is 29.5 Å². The van der Waals surface area contributed by atoms with Crippen molar-refractivity contribution >= 4 is 35.1 Å². The molecule has 1 aromatic carbocycles. The van der Waals surface area contributed by atoms with Gasteiger partial charge in [-0.25, -0.2) is 10.5 Å². The lowest BCUT2D eigenvalue weighted by molar-refractivity contribution is -0.119. The molecule has 0 bridgehead atoms. The zero-order valence-corrected chi connectivity index (χ0v) is 22.0. The second kappa shape index (κ2) is 10.2. The number of primary amides is 1. The second-order valence-electron chi connectivity index (χ2n) is 10.4. The van der Waals surface area contributed by atoms with Crippen LogP contribution < -0.4 is 21.3 Å². The summed E-state index contributed by atoms with van der Waals surface area (Å²) in [7, 11) is 0. The number of hydrogen-bond donors (Lipinski definition) is 4. The van der Waals surface area contributed by atoms with Crippen LogP contribution in [0.1, 0.15) is 57.8 Å². The van der Waals surface area contributed by atoms with E-state index in [1.54, 1.807) is 29.3 Å². The molecule has 0 spiro atoms. The van der Waals surface area contributed by atoms with E-state index in [2.05, 4.69) is 20.7 Å². The molecule has 198 valence electrons. The van der Waals surface area contributed by atoms with Crippen LogP contribution in [-0.2, 0) is 16.1 Å². The largest absolute Gasteiger partial charge is 0.385 e. The molecule has 5 rings (SSSR count). The van der Waals surface area contributed by atoms with Gasteiger partial charge < -0.3 is 16.4 Å². The molecule has 11 heteroatoms. The molecule has 2 aromatic rings.